The average Bonchev–Trinajstić information content (AvgIpc) is 2.78. The SMILES string of the molecule is CN1CCOC(C)(C(=O)NCc2cccs2)C1. The van der Waals surface area contributed by atoms with Crippen molar-refractivity contribution >= 4 is 17.2 Å². The summed E-state index contributed by atoms with van der Waals surface area (Å²) in [6.07, 6.45) is 0. The zero-order valence-electron chi connectivity index (χ0n) is 10.2. The minimum atomic E-state index is -0.718. The van der Waals surface area contributed by atoms with E-state index in [0.717, 1.165) is 11.4 Å². The molecule has 94 valence electrons. The van der Waals surface area contributed by atoms with Gasteiger partial charge in [0.2, 0.25) is 0 Å². The van der Waals surface area contributed by atoms with Gasteiger partial charge in [-0.1, -0.05) is 6.07 Å². The van der Waals surface area contributed by atoms with Crippen LogP contribution < -0.4 is 5.32 Å². The van der Waals surface area contributed by atoms with E-state index in [0.29, 0.717) is 19.7 Å². The number of hydrogen-bond acceptors (Lipinski definition) is 4. The first-order chi connectivity index (χ1) is 8.10. The van der Waals surface area contributed by atoms with Crippen molar-refractivity contribution in [2.75, 3.05) is 26.7 Å². The zero-order chi connectivity index (χ0) is 12.3. The van der Waals surface area contributed by atoms with Crippen molar-refractivity contribution in [1.82, 2.24) is 10.2 Å². The monoisotopic (exact) mass is 254 g/mol. The van der Waals surface area contributed by atoms with E-state index in [2.05, 4.69) is 10.2 Å². The highest BCUT2D eigenvalue weighted by molar-refractivity contribution is 7.09. The summed E-state index contributed by atoms with van der Waals surface area (Å²) >= 11 is 1.65. The third-order valence-corrected chi connectivity index (χ3v) is 3.83. The number of carbonyl (C=O) groups excluding carboxylic acids is 1. The Morgan fingerprint density at radius 1 is 1.71 bits per heavy atom. The smallest absolute Gasteiger partial charge is 0.253 e. The summed E-state index contributed by atoms with van der Waals surface area (Å²) < 4.78 is 5.62. The van der Waals surface area contributed by atoms with Crippen LogP contribution in [0.25, 0.3) is 0 Å². The number of nitrogens with zero attached hydrogens (tertiary/aromatic N) is 1. The fourth-order valence-corrected chi connectivity index (χ4v) is 2.62. The van der Waals surface area contributed by atoms with E-state index in [9.17, 15) is 4.79 Å². The molecule has 1 fully saturated rings. The van der Waals surface area contributed by atoms with E-state index in [1.54, 1.807) is 11.3 Å². The topological polar surface area (TPSA) is 41.6 Å². The molecule has 0 spiro atoms. The largest absolute Gasteiger partial charge is 0.363 e. The zero-order valence-corrected chi connectivity index (χ0v) is 11.0. The van der Waals surface area contributed by atoms with Gasteiger partial charge in [0.1, 0.15) is 0 Å². The van der Waals surface area contributed by atoms with Crippen molar-refractivity contribution < 1.29 is 9.53 Å². The van der Waals surface area contributed by atoms with Gasteiger partial charge in [0.05, 0.1) is 13.2 Å². The average molecular weight is 254 g/mol. The highest BCUT2D eigenvalue weighted by atomic mass is 32.1. The Bertz CT molecular complexity index is 380. The molecule has 1 aromatic heterocycles. The van der Waals surface area contributed by atoms with Crippen molar-refractivity contribution in [1.29, 1.82) is 0 Å². The summed E-state index contributed by atoms with van der Waals surface area (Å²) in [7, 11) is 2.01. The van der Waals surface area contributed by atoms with Crippen LogP contribution in [-0.2, 0) is 16.1 Å². The molecule has 0 aliphatic carbocycles. The molecule has 1 aliphatic rings. The fraction of sp³-hybridized carbons (Fsp3) is 0.583. The first kappa shape index (κ1) is 12.5. The van der Waals surface area contributed by atoms with Gasteiger partial charge in [0, 0.05) is 18.0 Å². The van der Waals surface area contributed by atoms with Gasteiger partial charge in [-0.15, -0.1) is 11.3 Å². The number of amides is 1. The number of morpholine rings is 1. The maximum absolute atomic E-state index is 12.1. The van der Waals surface area contributed by atoms with Crippen LogP contribution in [0.2, 0.25) is 0 Å². The van der Waals surface area contributed by atoms with Crippen molar-refractivity contribution in [2.24, 2.45) is 0 Å². The standard InChI is InChI=1S/C12H18N2O2S/c1-12(9-14(2)5-6-16-12)11(15)13-8-10-4-3-7-17-10/h3-4,7H,5-6,8-9H2,1-2H3,(H,13,15). The van der Waals surface area contributed by atoms with Crippen LogP contribution in [0.5, 0.6) is 0 Å². The Balaban J connectivity index is 1.90. The first-order valence-corrected chi connectivity index (χ1v) is 6.61. The lowest BCUT2D eigenvalue weighted by atomic mass is 10.0. The number of thiophene rings is 1. The molecule has 1 saturated heterocycles. The van der Waals surface area contributed by atoms with Crippen LogP contribution in [0.4, 0.5) is 0 Å². The maximum Gasteiger partial charge on any atom is 0.253 e. The lowest BCUT2D eigenvalue weighted by Crippen LogP contribution is -2.57. The van der Waals surface area contributed by atoms with E-state index in [1.165, 1.54) is 0 Å². The van der Waals surface area contributed by atoms with Crippen LogP contribution in [0.1, 0.15) is 11.8 Å². The molecular formula is C12H18N2O2S. The van der Waals surface area contributed by atoms with Crippen LogP contribution in [-0.4, -0.2) is 43.2 Å². The lowest BCUT2D eigenvalue weighted by molar-refractivity contribution is -0.155. The summed E-state index contributed by atoms with van der Waals surface area (Å²) in [5.74, 6) is -0.0301. The second-order valence-electron chi connectivity index (χ2n) is 4.58. The molecule has 0 radical (unpaired) electrons. The van der Waals surface area contributed by atoms with E-state index < -0.39 is 5.60 Å². The molecule has 1 aromatic rings. The number of carbonyl (C=O) groups is 1. The van der Waals surface area contributed by atoms with Crippen LogP contribution in [0, 0.1) is 0 Å². The van der Waals surface area contributed by atoms with E-state index in [-0.39, 0.29) is 5.91 Å². The normalized spacial score (nSPS) is 25.8. The molecule has 1 N–H and O–H groups in total. The Kier molecular flexibility index (Phi) is 3.81. The molecule has 1 atom stereocenters. The van der Waals surface area contributed by atoms with Gasteiger partial charge in [-0.3, -0.25) is 4.79 Å². The number of likely N-dealkylation sites (N-methyl/N-ethyl adjacent to an activating group) is 1. The van der Waals surface area contributed by atoms with Crippen LogP contribution in [0.15, 0.2) is 17.5 Å². The molecule has 1 amide bonds. The molecule has 4 nitrogen and oxygen atoms in total. The number of ether oxygens (including phenoxy) is 1. The minimum absolute atomic E-state index is 0.0301. The third-order valence-electron chi connectivity index (χ3n) is 2.95. The second kappa shape index (κ2) is 5.16. The van der Waals surface area contributed by atoms with Crippen molar-refractivity contribution in [3.05, 3.63) is 22.4 Å². The number of hydrogen-bond donors (Lipinski definition) is 1. The summed E-state index contributed by atoms with van der Waals surface area (Å²) in [6, 6.07) is 4.00. The van der Waals surface area contributed by atoms with Gasteiger partial charge in [-0.2, -0.15) is 0 Å². The highest BCUT2D eigenvalue weighted by Crippen LogP contribution is 2.17. The lowest BCUT2D eigenvalue weighted by Gasteiger charge is -2.37. The van der Waals surface area contributed by atoms with E-state index >= 15 is 0 Å². The summed E-state index contributed by atoms with van der Waals surface area (Å²) in [5.41, 5.74) is -0.718. The van der Waals surface area contributed by atoms with Gasteiger partial charge in [0.15, 0.2) is 5.60 Å². The molecule has 2 heterocycles. The molecular weight excluding hydrogens is 236 g/mol. The van der Waals surface area contributed by atoms with Crippen molar-refractivity contribution in [3.63, 3.8) is 0 Å². The summed E-state index contributed by atoms with van der Waals surface area (Å²) in [4.78, 5) is 15.4. The molecule has 2 rings (SSSR count). The fourth-order valence-electron chi connectivity index (χ4n) is 1.97. The van der Waals surface area contributed by atoms with E-state index in [4.69, 9.17) is 4.74 Å². The minimum Gasteiger partial charge on any atom is -0.363 e. The Hall–Kier alpha value is -0.910. The maximum atomic E-state index is 12.1. The Morgan fingerprint density at radius 2 is 2.53 bits per heavy atom. The second-order valence-corrected chi connectivity index (χ2v) is 5.61. The summed E-state index contributed by atoms with van der Waals surface area (Å²) in [6.45, 7) is 4.57. The highest BCUT2D eigenvalue weighted by Gasteiger charge is 2.37. The predicted molar refractivity (Wildman–Crippen MR) is 68.0 cm³/mol. The van der Waals surface area contributed by atoms with Gasteiger partial charge < -0.3 is 15.0 Å². The number of nitrogens with one attached hydrogen (secondary N) is 1. The van der Waals surface area contributed by atoms with Crippen molar-refractivity contribution in [3.8, 4) is 0 Å². The first-order valence-electron chi connectivity index (χ1n) is 5.73. The Morgan fingerprint density at radius 3 is 3.18 bits per heavy atom. The number of rotatable bonds is 3. The van der Waals surface area contributed by atoms with Crippen LogP contribution >= 0.6 is 11.3 Å². The third kappa shape index (κ3) is 3.06. The van der Waals surface area contributed by atoms with E-state index in [1.807, 2.05) is 31.5 Å². The molecule has 5 heteroatoms. The van der Waals surface area contributed by atoms with Gasteiger partial charge in [-0.05, 0) is 25.4 Å². The Labute approximate surface area is 106 Å². The summed E-state index contributed by atoms with van der Waals surface area (Å²) in [5, 5.41) is 4.94. The molecule has 1 unspecified atom stereocenters. The molecule has 0 aromatic carbocycles. The molecule has 17 heavy (non-hydrogen) atoms. The van der Waals surface area contributed by atoms with Crippen molar-refractivity contribution in [2.45, 2.75) is 19.1 Å². The van der Waals surface area contributed by atoms with Gasteiger partial charge in [-0.25, -0.2) is 0 Å². The predicted octanol–water partition coefficient (Wildman–Crippen LogP) is 1.08. The molecule has 0 saturated carbocycles. The molecule has 1 aliphatic heterocycles. The van der Waals surface area contributed by atoms with Gasteiger partial charge >= 0.3 is 0 Å². The molecule has 0 bridgehead atoms. The quantitative estimate of drug-likeness (QED) is 0.878. The van der Waals surface area contributed by atoms with Gasteiger partial charge in [0.25, 0.3) is 5.91 Å². The van der Waals surface area contributed by atoms with Crippen LogP contribution in [0.3, 0.4) is 0 Å².